The number of sulfonamides is 1. The van der Waals surface area contributed by atoms with E-state index in [0.717, 1.165) is 28.8 Å². The van der Waals surface area contributed by atoms with E-state index in [-0.39, 0.29) is 0 Å². The third kappa shape index (κ3) is 6.05. The molecule has 0 saturated carbocycles. The molecule has 0 aliphatic heterocycles. The monoisotopic (exact) mass is 446 g/mol. The highest BCUT2D eigenvalue weighted by molar-refractivity contribution is 7.92. The Labute approximate surface area is 187 Å². The second-order valence-corrected chi connectivity index (χ2v) is 8.92. The summed E-state index contributed by atoms with van der Waals surface area (Å²) in [6.07, 6.45) is 2.59. The van der Waals surface area contributed by atoms with Gasteiger partial charge in [-0.2, -0.15) is 0 Å². The van der Waals surface area contributed by atoms with Crippen molar-refractivity contribution in [1.82, 2.24) is 9.97 Å². The molecule has 162 valence electrons. The summed E-state index contributed by atoms with van der Waals surface area (Å²) in [7, 11) is -3.35. The van der Waals surface area contributed by atoms with E-state index in [2.05, 4.69) is 20.0 Å². The Morgan fingerprint density at radius 1 is 0.844 bits per heavy atom. The Kier molecular flexibility index (Phi) is 6.32. The Hall–Kier alpha value is -3.91. The number of aromatic nitrogens is 2. The molecule has 0 aliphatic rings. The second-order valence-electron chi connectivity index (χ2n) is 7.17. The Morgan fingerprint density at radius 3 is 2.44 bits per heavy atom. The standard InChI is InChI=1S/C24H22N4O3S/c1-32(29,30)28-21-11-6-10-20(14-21)27-24-15-23(25-17-26-24)19-9-5-12-22(13-19)31-16-18-7-3-2-4-8-18/h2-15,17,28H,16H2,1H3,(H,25,26,27). The van der Waals surface area contributed by atoms with Crippen molar-refractivity contribution in [2.75, 3.05) is 16.3 Å². The van der Waals surface area contributed by atoms with Crippen LogP contribution < -0.4 is 14.8 Å². The van der Waals surface area contributed by atoms with Crippen LogP contribution in [0, 0.1) is 0 Å². The Bertz CT molecular complexity index is 1310. The maximum absolute atomic E-state index is 11.5. The third-order valence-electron chi connectivity index (χ3n) is 4.48. The molecule has 3 aromatic carbocycles. The molecule has 0 amide bonds. The normalized spacial score (nSPS) is 11.0. The molecule has 0 fully saturated rings. The molecular formula is C24H22N4O3S. The average Bonchev–Trinajstić information content (AvgIpc) is 2.78. The first-order valence-corrected chi connectivity index (χ1v) is 11.8. The number of rotatable bonds is 8. The van der Waals surface area contributed by atoms with Gasteiger partial charge in [-0.1, -0.05) is 48.5 Å². The van der Waals surface area contributed by atoms with Gasteiger partial charge in [-0.15, -0.1) is 0 Å². The van der Waals surface area contributed by atoms with Crippen LogP contribution in [0.25, 0.3) is 11.3 Å². The van der Waals surface area contributed by atoms with Crippen molar-refractivity contribution in [2.24, 2.45) is 0 Å². The molecule has 1 heterocycles. The number of hydrogen-bond acceptors (Lipinski definition) is 6. The van der Waals surface area contributed by atoms with Gasteiger partial charge < -0.3 is 10.1 Å². The molecule has 0 spiro atoms. The first kappa shape index (κ1) is 21.3. The minimum Gasteiger partial charge on any atom is -0.489 e. The van der Waals surface area contributed by atoms with Crippen LogP contribution in [0.15, 0.2) is 91.3 Å². The van der Waals surface area contributed by atoms with Crippen molar-refractivity contribution >= 4 is 27.2 Å². The van der Waals surface area contributed by atoms with Crippen molar-refractivity contribution in [1.29, 1.82) is 0 Å². The number of anilines is 3. The van der Waals surface area contributed by atoms with Crippen LogP contribution in [0.4, 0.5) is 17.2 Å². The fourth-order valence-electron chi connectivity index (χ4n) is 3.09. The SMILES string of the molecule is CS(=O)(=O)Nc1cccc(Nc2cc(-c3cccc(OCc4ccccc4)c3)ncn2)c1. The van der Waals surface area contributed by atoms with Crippen LogP contribution >= 0.6 is 0 Å². The van der Waals surface area contributed by atoms with Gasteiger partial charge >= 0.3 is 0 Å². The minimum atomic E-state index is -3.35. The van der Waals surface area contributed by atoms with Gasteiger partial charge in [0.2, 0.25) is 10.0 Å². The van der Waals surface area contributed by atoms with Crippen LogP contribution in [0.2, 0.25) is 0 Å². The number of nitrogens with zero attached hydrogens (tertiary/aromatic N) is 2. The molecular weight excluding hydrogens is 424 g/mol. The van der Waals surface area contributed by atoms with E-state index in [0.29, 0.717) is 23.8 Å². The van der Waals surface area contributed by atoms with Crippen LogP contribution in [0.1, 0.15) is 5.56 Å². The summed E-state index contributed by atoms with van der Waals surface area (Å²) in [6, 6.07) is 26.5. The van der Waals surface area contributed by atoms with E-state index in [1.54, 1.807) is 18.2 Å². The lowest BCUT2D eigenvalue weighted by Crippen LogP contribution is -2.09. The van der Waals surface area contributed by atoms with E-state index < -0.39 is 10.0 Å². The molecule has 0 bridgehead atoms. The van der Waals surface area contributed by atoms with Gasteiger partial charge in [0, 0.05) is 17.3 Å². The molecule has 4 rings (SSSR count). The highest BCUT2D eigenvalue weighted by Crippen LogP contribution is 2.26. The number of nitrogens with one attached hydrogen (secondary N) is 2. The lowest BCUT2D eigenvalue weighted by Gasteiger charge is -2.10. The van der Waals surface area contributed by atoms with Crippen LogP contribution in [-0.2, 0) is 16.6 Å². The van der Waals surface area contributed by atoms with Crippen LogP contribution in [0.3, 0.4) is 0 Å². The summed E-state index contributed by atoms with van der Waals surface area (Å²) in [4.78, 5) is 8.65. The van der Waals surface area contributed by atoms with Gasteiger partial charge in [-0.3, -0.25) is 4.72 Å². The summed E-state index contributed by atoms with van der Waals surface area (Å²) in [6.45, 7) is 0.485. The molecule has 0 unspecified atom stereocenters. The van der Waals surface area contributed by atoms with Gasteiger partial charge in [-0.25, -0.2) is 18.4 Å². The quantitative estimate of drug-likeness (QED) is 0.402. The zero-order valence-electron chi connectivity index (χ0n) is 17.4. The molecule has 1 aromatic heterocycles. The molecule has 4 aromatic rings. The summed E-state index contributed by atoms with van der Waals surface area (Å²) in [5, 5.41) is 3.18. The maximum Gasteiger partial charge on any atom is 0.229 e. The fraction of sp³-hybridized carbons (Fsp3) is 0.0833. The predicted molar refractivity (Wildman–Crippen MR) is 126 cm³/mol. The molecule has 8 heteroatoms. The summed E-state index contributed by atoms with van der Waals surface area (Å²) < 4.78 is 31.3. The van der Waals surface area contributed by atoms with Crippen molar-refractivity contribution in [3.05, 3.63) is 96.8 Å². The summed E-state index contributed by atoms with van der Waals surface area (Å²) >= 11 is 0. The van der Waals surface area contributed by atoms with E-state index in [9.17, 15) is 8.42 Å². The van der Waals surface area contributed by atoms with Crippen molar-refractivity contribution in [3.63, 3.8) is 0 Å². The number of benzene rings is 3. The van der Waals surface area contributed by atoms with Crippen molar-refractivity contribution in [2.45, 2.75) is 6.61 Å². The molecule has 2 N–H and O–H groups in total. The van der Waals surface area contributed by atoms with E-state index >= 15 is 0 Å². The molecule has 0 aliphatic carbocycles. The van der Waals surface area contributed by atoms with Crippen molar-refractivity contribution < 1.29 is 13.2 Å². The van der Waals surface area contributed by atoms with Gasteiger partial charge in [0.05, 0.1) is 17.6 Å². The molecule has 32 heavy (non-hydrogen) atoms. The van der Waals surface area contributed by atoms with Gasteiger partial charge in [-0.05, 0) is 35.9 Å². The highest BCUT2D eigenvalue weighted by atomic mass is 32.2. The van der Waals surface area contributed by atoms with Gasteiger partial charge in [0.1, 0.15) is 24.5 Å². The summed E-state index contributed by atoms with van der Waals surface area (Å²) in [5.41, 5.74) is 3.89. The number of hydrogen-bond donors (Lipinski definition) is 2. The lowest BCUT2D eigenvalue weighted by atomic mass is 10.1. The third-order valence-corrected chi connectivity index (χ3v) is 5.09. The topological polar surface area (TPSA) is 93.2 Å². The predicted octanol–water partition coefficient (Wildman–Crippen LogP) is 4.84. The number of ether oxygens (including phenoxy) is 1. The summed E-state index contributed by atoms with van der Waals surface area (Å²) in [5.74, 6) is 1.33. The van der Waals surface area contributed by atoms with E-state index in [4.69, 9.17) is 4.74 Å². The zero-order chi connectivity index (χ0) is 22.4. The smallest absolute Gasteiger partial charge is 0.229 e. The molecule has 0 radical (unpaired) electrons. The van der Waals surface area contributed by atoms with E-state index in [1.807, 2.05) is 66.7 Å². The first-order valence-electron chi connectivity index (χ1n) is 9.89. The largest absolute Gasteiger partial charge is 0.489 e. The minimum absolute atomic E-state index is 0.468. The van der Waals surface area contributed by atoms with Gasteiger partial charge in [0.15, 0.2) is 0 Å². The maximum atomic E-state index is 11.5. The van der Waals surface area contributed by atoms with Crippen molar-refractivity contribution in [3.8, 4) is 17.0 Å². The molecule has 7 nitrogen and oxygen atoms in total. The van der Waals surface area contributed by atoms with Crippen LogP contribution in [0.5, 0.6) is 5.75 Å². The van der Waals surface area contributed by atoms with Gasteiger partial charge in [0.25, 0.3) is 0 Å². The fourth-order valence-corrected chi connectivity index (χ4v) is 3.65. The Morgan fingerprint density at radius 2 is 1.62 bits per heavy atom. The molecule has 0 saturated heterocycles. The Balaban J connectivity index is 1.49. The van der Waals surface area contributed by atoms with E-state index in [1.165, 1.54) is 6.33 Å². The zero-order valence-corrected chi connectivity index (χ0v) is 18.2. The highest BCUT2D eigenvalue weighted by Gasteiger charge is 2.06. The lowest BCUT2D eigenvalue weighted by molar-refractivity contribution is 0.306. The average molecular weight is 447 g/mol. The first-order chi connectivity index (χ1) is 15.4. The second kappa shape index (κ2) is 9.49. The molecule has 0 atom stereocenters. The van der Waals surface area contributed by atoms with Crippen LogP contribution in [-0.4, -0.2) is 24.6 Å².